The van der Waals surface area contributed by atoms with Crippen LogP contribution in [0.15, 0.2) is 23.0 Å². The zero-order chi connectivity index (χ0) is 13.6. The SMILES string of the molecule is CCC(C)c1nc2cccc(Cl)c2c(=O)n1C1CC1. The molecule has 0 spiro atoms. The number of halogens is 1. The highest BCUT2D eigenvalue weighted by molar-refractivity contribution is 6.35. The Morgan fingerprint density at radius 1 is 1.47 bits per heavy atom. The topological polar surface area (TPSA) is 34.9 Å². The molecule has 1 atom stereocenters. The summed E-state index contributed by atoms with van der Waals surface area (Å²) in [5.41, 5.74) is 0.734. The molecule has 2 aromatic rings. The highest BCUT2D eigenvalue weighted by atomic mass is 35.5. The number of fused-ring (bicyclic) bond motifs is 1. The van der Waals surface area contributed by atoms with Crippen molar-refractivity contribution in [1.82, 2.24) is 9.55 Å². The van der Waals surface area contributed by atoms with E-state index in [1.54, 1.807) is 6.07 Å². The molecule has 3 nitrogen and oxygen atoms in total. The van der Waals surface area contributed by atoms with Crippen LogP contribution in [-0.2, 0) is 0 Å². The van der Waals surface area contributed by atoms with Gasteiger partial charge in [-0.3, -0.25) is 9.36 Å². The molecule has 0 radical (unpaired) electrons. The second-order valence-electron chi connectivity index (χ2n) is 5.32. The third-order valence-electron chi connectivity index (χ3n) is 3.87. The lowest BCUT2D eigenvalue weighted by atomic mass is 10.1. The van der Waals surface area contributed by atoms with E-state index in [0.29, 0.717) is 22.0 Å². The monoisotopic (exact) mass is 276 g/mol. The van der Waals surface area contributed by atoms with Crippen LogP contribution in [0.3, 0.4) is 0 Å². The maximum Gasteiger partial charge on any atom is 0.263 e. The van der Waals surface area contributed by atoms with Gasteiger partial charge in [0.1, 0.15) is 5.82 Å². The fourth-order valence-electron chi connectivity index (χ4n) is 2.44. The Hall–Kier alpha value is -1.35. The first-order chi connectivity index (χ1) is 9.13. The normalized spacial score (nSPS) is 16.8. The summed E-state index contributed by atoms with van der Waals surface area (Å²) in [7, 11) is 0. The second kappa shape index (κ2) is 4.64. The zero-order valence-corrected chi connectivity index (χ0v) is 11.9. The lowest BCUT2D eigenvalue weighted by Crippen LogP contribution is -2.26. The van der Waals surface area contributed by atoms with Crippen molar-refractivity contribution >= 4 is 22.5 Å². The Morgan fingerprint density at radius 3 is 2.84 bits per heavy atom. The van der Waals surface area contributed by atoms with E-state index in [1.807, 2.05) is 16.7 Å². The van der Waals surface area contributed by atoms with E-state index in [-0.39, 0.29) is 11.5 Å². The molecule has 0 N–H and O–H groups in total. The van der Waals surface area contributed by atoms with Crippen LogP contribution in [0, 0.1) is 0 Å². The largest absolute Gasteiger partial charge is 0.293 e. The van der Waals surface area contributed by atoms with Gasteiger partial charge >= 0.3 is 0 Å². The van der Waals surface area contributed by atoms with Crippen molar-refractivity contribution in [2.75, 3.05) is 0 Å². The molecule has 1 aliphatic carbocycles. The van der Waals surface area contributed by atoms with Gasteiger partial charge in [0.05, 0.1) is 15.9 Å². The molecule has 4 heteroatoms. The maximum atomic E-state index is 12.7. The summed E-state index contributed by atoms with van der Waals surface area (Å²) in [6.45, 7) is 4.24. The number of aromatic nitrogens is 2. The number of benzene rings is 1. The number of rotatable bonds is 3. The van der Waals surface area contributed by atoms with Crippen molar-refractivity contribution in [2.45, 2.75) is 45.1 Å². The molecule has 0 saturated heterocycles. The third-order valence-corrected chi connectivity index (χ3v) is 4.19. The van der Waals surface area contributed by atoms with Gasteiger partial charge in [-0.2, -0.15) is 0 Å². The number of hydrogen-bond donors (Lipinski definition) is 0. The molecule has 19 heavy (non-hydrogen) atoms. The molecular formula is C15H17ClN2O. The fourth-order valence-corrected chi connectivity index (χ4v) is 2.69. The van der Waals surface area contributed by atoms with Gasteiger partial charge in [-0.25, -0.2) is 4.98 Å². The molecule has 1 fully saturated rings. The summed E-state index contributed by atoms with van der Waals surface area (Å²) >= 11 is 6.17. The Labute approximate surface area is 117 Å². The van der Waals surface area contributed by atoms with E-state index in [2.05, 4.69) is 13.8 Å². The Balaban J connectivity index is 2.37. The Morgan fingerprint density at radius 2 is 2.21 bits per heavy atom. The zero-order valence-electron chi connectivity index (χ0n) is 11.2. The van der Waals surface area contributed by atoms with Crippen LogP contribution in [0.5, 0.6) is 0 Å². The first-order valence-electron chi connectivity index (χ1n) is 6.84. The van der Waals surface area contributed by atoms with E-state index in [4.69, 9.17) is 16.6 Å². The Kier molecular flexibility index (Phi) is 3.09. The third kappa shape index (κ3) is 2.06. The average molecular weight is 277 g/mol. The standard InChI is InChI=1S/C15H17ClN2O/c1-3-9(2)14-17-12-6-4-5-11(16)13(12)15(19)18(14)10-7-8-10/h4-6,9-10H,3,7-8H2,1-2H3. The summed E-state index contributed by atoms with van der Waals surface area (Å²) < 4.78 is 1.88. The van der Waals surface area contributed by atoms with Gasteiger partial charge in [0.2, 0.25) is 0 Å². The summed E-state index contributed by atoms with van der Waals surface area (Å²) in [6.07, 6.45) is 3.12. The molecule has 100 valence electrons. The molecule has 0 amide bonds. The number of nitrogens with zero attached hydrogens (tertiary/aromatic N) is 2. The van der Waals surface area contributed by atoms with Crippen LogP contribution >= 0.6 is 11.6 Å². The minimum absolute atomic E-state index is 0.0217. The van der Waals surface area contributed by atoms with Gasteiger partial charge in [-0.1, -0.05) is 31.5 Å². The highest BCUT2D eigenvalue weighted by Gasteiger charge is 2.29. The van der Waals surface area contributed by atoms with Crippen molar-refractivity contribution in [3.05, 3.63) is 39.4 Å². The number of hydrogen-bond acceptors (Lipinski definition) is 2. The lowest BCUT2D eigenvalue weighted by molar-refractivity contribution is 0.573. The molecule has 3 rings (SSSR count). The van der Waals surface area contributed by atoms with Crippen molar-refractivity contribution in [3.63, 3.8) is 0 Å². The predicted octanol–water partition coefficient (Wildman–Crippen LogP) is 3.90. The summed E-state index contributed by atoms with van der Waals surface area (Å²) in [6, 6.07) is 5.79. The fraction of sp³-hybridized carbons (Fsp3) is 0.467. The highest BCUT2D eigenvalue weighted by Crippen LogP contribution is 2.37. The van der Waals surface area contributed by atoms with E-state index < -0.39 is 0 Å². The van der Waals surface area contributed by atoms with Crippen LogP contribution in [-0.4, -0.2) is 9.55 Å². The second-order valence-corrected chi connectivity index (χ2v) is 5.73. The van der Waals surface area contributed by atoms with E-state index >= 15 is 0 Å². The van der Waals surface area contributed by atoms with Gasteiger partial charge in [-0.05, 0) is 31.4 Å². The summed E-state index contributed by atoms with van der Waals surface area (Å²) in [5.74, 6) is 1.20. The van der Waals surface area contributed by atoms with Crippen molar-refractivity contribution in [3.8, 4) is 0 Å². The summed E-state index contributed by atoms with van der Waals surface area (Å²) in [5, 5.41) is 1.06. The molecule has 1 unspecified atom stereocenters. The van der Waals surface area contributed by atoms with E-state index in [0.717, 1.165) is 25.1 Å². The van der Waals surface area contributed by atoms with Crippen LogP contribution in [0.1, 0.15) is 50.9 Å². The molecule has 1 aromatic carbocycles. The van der Waals surface area contributed by atoms with Gasteiger partial charge in [-0.15, -0.1) is 0 Å². The predicted molar refractivity (Wildman–Crippen MR) is 78.0 cm³/mol. The van der Waals surface area contributed by atoms with Gasteiger partial charge in [0.25, 0.3) is 5.56 Å². The first kappa shape index (κ1) is 12.7. The lowest BCUT2D eigenvalue weighted by Gasteiger charge is -2.17. The quantitative estimate of drug-likeness (QED) is 0.852. The van der Waals surface area contributed by atoms with Crippen molar-refractivity contribution in [2.24, 2.45) is 0 Å². The van der Waals surface area contributed by atoms with Gasteiger partial charge in [0.15, 0.2) is 0 Å². The van der Waals surface area contributed by atoms with E-state index in [1.165, 1.54) is 0 Å². The van der Waals surface area contributed by atoms with Crippen LogP contribution in [0.25, 0.3) is 10.9 Å². The molecule has 0 aliphatic heterocycles. The first-order valence-corrected chi connectivity index (χ1v) is 7.22. The van der Waals surface area contributed by atoms with Crippen LogP contribution < -0.4 is 5.56 Å². The molecule has 1 aromatic heterocycles. The molecule has 1 heterocycles. The maximum absolute atomic E-state index is 12.7. The van der Waals surface area contributed by atoms with Crippen molar-refractivity contribution < 1.29 is 0 Å². The van der Waals surface area contributed by atoms with Gasteiger partial charge in [0, 0.05) is 12.0 Å². The molecule has 0 bridgehead atoms. The summed E-state index contributed by atoms with van der Waals surface area (Å²) in [4.78, 5) is 17.4. The van der Waals surface area contributed by atoms with E-state index in [9.17, 15) is 4.79 Å². The van der Waals surface area contributed by atoms with Gasteiger partial charge < -0.3 is 0 Å². The average Bonchev–Trinajstić information content (AvgIpc) is 3.21. The minimum Gasteiger partial charge on any atom is -0.293 e. The minimum atomic E-state index is 0.0217. The molecule has 1 saturated carbocycles. The Bertz CT molecular complexity index is 688. The van der Waals surface area contributed by atoms with Crippen LogP contribution in [0.2, 0.25) is 5.02 Å². The molecular weight excluding hydrogens is 260 g/mol. The molecule has 1 aliphatic rings. The van der Waals surface area contributed by atoms with Crippen LogP contribution in [0.4, 0.5) is 0 Å². The smallest absolute Gasteiger partial charge is 0.263 e. The van der Waals surface area contributed by atoms with Crippen molar-refractivity contribution in [1.29, 1.82) is 0 Å².